The summed E-state index contributed by atoms with van der Waals surface area (Å²) in [5.41, 5.74) is -0.230. The van der Waals surface area contributed by atoms with Gasteiger partial charge in [-0.2, -0.15) is 0 Å². The molecule has 0 amide bonds. The molecule has 0 bridgehead atoms. The molecule has 0 saturated carbocycles. The third-order valence-corrected chi connectivity index (χ3v) is 3.14. The van der Waals surface area contributed by atoms with E-state index in [0.29, 0.717) is 19.6 Å². The van der Waals surface area contributed by atoms with E-state index < -0.39 is 5.97 Å². The molecular formula is C12H16O4. The lowest BCUT2D eigenvalue weighted by Crippen LogP contribution is -2.48. The van der Waals surface area contributed by atoms with Crippen molar-refractivity contribution in [2.45, 2.75) is 25.7 Å². The third-order valence-electron chi connectivity index (χ3n) is 3.14. The van der Waals surface area contributed by atoms with Gasteiger partial charge in [-0.25, -0.2) is 0 Å². The molecule has 4 nitrogen and oxygen atoms in total. The first-order valence-electron chi connectivity index (χ1n) is 5.41. The number of ether oxygens (including phenoxy) is 1. The van der Waals surface area contributed by atoms with Crippen molar-refractivity contribution >= 4 is 5.97 Å². The Balaban J connectivity index is 2.17. The second-order valence-corrected chi connectivity index (χ2v) is 4.63. The van der Waals surface area contributed by atoms with Crippen LogP contribution in [0.3, 0.4) is 0 Å². The molecule has 4 heteroatoms. The van der Waals surface area contributed by atoms with E-state index in [1.54, 1.807) is 6.92 Å². The lowest BCUT2D eigenvalue weighted by Gasteiger charge is -2.40. The number of aryl methyl sites for hydroxylation is 1. The molecule has 0 aliphatic carbocycles. The largest absolute Gasteiger partial charge is 0.481 e. The zero-order valence-corrected chi connectivity index (χ0v) is 9.53. The summed E-state index contributed by atoms with van der Waals surface area (Å²) >= 11 is 0. The van der Waals surface area contributed by atoms with Crippen LogP contribution in [0.1, 0.15) is 24.9 Å². The van der Waals surface area contributed by atoms with Gasteiger partial charge in [-0.15, -0.1) is 0 Å². The summed E-state index contributed by atoms with van der Waals surface area (Å²) in [6, 6.07) is 3.83. The molecule has 2 heterocycles. The molecular weight excluding hydrogens is 208 g/mol. The molecule has 1 saturated heterocycles. The third kappa shape index (κ3) is 1.85. The van der Waals surface area contributed by atoms with Crippen molar-refractivity contribution < 1.29 is 19.1 Å². The monoisotopic (exact) mass is 224 g/mol. The van der Waals surface area contributed by atoms with Gasteiger partial charge in [0.2, 0.25) is 0 Å². The van der Waals surface area contributed by atoms with Gasteiger partial charge in [-0.1, -0.05) is 6.92 Å². The number of hydrogen-bond acceptors (Lipinski definition) is 3. The zero-order chi connectivity index (χ0) is 11.8. The number of aliphatic carboxylic acids is 1. The molecule has 1 aromatic heterocycles. The zero-order valence-electron chi connectivity index (χ0n) is 9.53. The Morgan fingerprint density at radius 2 is 2.25 bits per heavy atom. The highest BCUT2D eigenvalue weighted by Crippen LogP contribution is 2.39. The van der Waals surface area contributed by atoms with E-state index in [-0.39, 0.29) is 11.3 Å². The van der Waals surface area contributed by atoms with Crippen LogP contribution in [-0.4, -0.2) is 24.3 Å². The summed E-state index contributed by atoms with van der Waals surface area (Å²) in [7, 11) is 0. The van der Waals surface area contributed by atoms with Crippen LogP contribution in [0.2, 0.25) is 0 Å². The predicted octanol–water partition coefficient (Wildman–Crippen LogP) is 1.97. The van der Waals surface area contributed by atoms with Crippen LogP contribution >= 0.6 is 0 Å². The first-order valence-corrected chi connectivity index (χ1v) is 5.41. The maximum Gasteiger partial charge on any atom is 0.306 e. The SMILES string of the molecule is Cc1ccc(C2(CC(C)C(=O)O)COC2)o1. The van der Waals surface area contributed by atoms with Crippen molar-refractivity contribution in [1.29, 1.82) is 0 Å². The fourth-order valence-corrected chi connectivity index (χ4v) is 2.10. The molecule has 1 atom stereocenters. The highest BCUT2D eigenvalue weighted by Gasteiger charge is 2.45. The van der Waals surface area contributed by atoms with E-state index in [1.165, 1.54) is 0 Å². The fourth-order valence-electron chi connectivity index (χ4n) is 2.10. The van der Waals surface area contributed by atoms with Crippen molar-refractivity contribution in [3.8, 4) is 0 Å². The molecule has 16 heavy (non-hydrogen) atoms. The summed E-state index contributed by atoms with van der Waals surface area (Å²) in [6.45, 7) is 4.71. The van der Waals surface area contributed by atoms with Gasteiger partial charge in [-0.3, -0.25) is 4.79 Å². The van der Waals surface area contributed by atoms with Crippen LogP contribution < -0.4 is 0 Å². The van der Waals surface area contributed by atoms with E-state index in [2.05, 4.69) is 0 Å². The number of hydrogen-bond donors (Lipinski definition) is 1. The molecule has 1 fully saturated rings. The average molecular weight is 224 g/mol. The Kier molecular flexibility index (Phi) is 2.76. The normalized spacial score (nSPS) is 20.1. The Morgan fingerprint density at radius 3 is 2.62 bits per heavy atom. The van der Waals surface area contributed by atoms with E-state index >= 15 is 0 Å². The maximum atomic E-state index is 10.9. The number of carbonyl (C=O) groups is 1. The van der Waals surface area contributed by atoms with Gasteiger partial charge in [0.1, 0.15) is 11.5 Å². The summed E-state index contributed by atoms with van der Waals surface area (Å²) in [6.07, 6.45) is 0.565. The van der Waals surface area contributed by atoms with Crippen molar-refractivity contribution in [2.75, 3.05) is 13.2 Å². The molecule has 1 aromatic rings. The summed E-state index contributed by atoms with van der Waals surface area (Å²) in [4.78, 5) is 10.9. The quantitative estimate of drug-likeness (QED) is 0.849. The minimum absolute atomic E-state index is 0.230. The van der Waals surface area contributed by atoms with Crippen molar-refractivity contribution in [3.05, 3.63) is 23.7 Å². The van der Waals surface area contributed by atoms with Gasteiger partial charge in [0, 0.05) is 0 Å². The highest BCUT2D eigenvalue weighted by molar-refractivity contribution is 5.69. The van der Waals surface area contributed by atoms with Crippen molar-refractivity contribution in [3.63, 3.8) is 0 Å². The molecule has 0 aromatic carbocycles. The van der Waals surface area contributed by atoms with Crippen LogP contribution in [0.5, 0.6) is 0 Å². The molecule has 1 aliphatic heterocycles. The fraction of sp³-hybridized carbons (Fsp3) is 0.583. The molecule has 2 rings (SSSR count). The average Bonchev–Trinajstić information content (AvgIpc) is 2.58. The first kappa shape index (κ1) is 11.2. The lowest BCUT2D eigenvalue weighted by atomic mass is 9.76. The van der Waals surface area contributed by atoms with Crippen LogP contribution in [0.4, 0.5) is 0 Å². The molecule has 1 unspecified atom stereocenters. The number of rotatable bonds is 4. The second kappa shape index (κ2) is 3.94. The lowest BCUT2D eigenvalue weighted by molar-refractivity contribution is -0.145. The van der Waals surface area contributed by atoms with Crippen molar-refractivity contribution in [2.24, 2.45) is 5.92 Å². The predicted molar refractivity (Wildman–Crippen MR) is 57.4 cm³/mol. The van der Waals surface area contributed by atoms with Gasteiger partial charge >= 0.3 is 5.97 Å². The topological polar surface area (TPSA) is 59.7 Å². The Hall–Kier alpha value is -1.29. The highest BCUT2D eigenvalue weighted by atomic mass is 16.5. The van der Waals surface area contributed by atoms with Gasteiger partial charge in [-0.05, 0) is 25.5 Å². The maximum absolute atomic E-state index is 10.9. The number of furan rings is 1. The smallest absolute Gasteiger partial charge is 0.306 e. The summed E-state index contributed by atoms with van der Waals surface area (Å²) in [5, 5.41) is 8.95. The van der Waals surface area contributed by atoms with Gasteiger partial charge in [0.15, 0.2) is 0 Å². The number of carboxylic acids is 1. The van der Waals surface area contributed by atoms with Gasteiger partial charge < -0.3 is 14.3 Å². The summed E-state index contributed by atoms with van der Waals surface area (Å²) < 4.78 is 10.8. The Bertz CT molecular complexity index is 389. The standard InChI is InChI=1S/C12H16O4/c1-8(11(13)14)5-12(6-15-7-12)10-4-3-9(2)16-10/h3-4,8H,5-7H2,1-2H3,(H,13,14). The van der Waals surface area contributed by atoms with E-state index in [9.17, 15) is 4.79 Å². The van der Waals surface area contributed by atoms with E-state index in [4.69, 9.17) is 14.3 Å². The Labute approximate surface area is 94.2 Å². The van der Waals surface area contributed by atoms with E-state index in [1.807, 2.05) is 19.1 Å². The molecule has 88 valence electrons. The second-order valence-electron chi connectivity index (χ2n) is 4.63. The minimum atomic E-state index is -0.769. The minimum Gasteiger partial charge on any atom is -0.481 e. The molecule has 0 spiro atoms. The van der Waals surface area contributed by atoms with Gasteiger partial charge in [0.05, 0.1) is 24.5 Å². The molecule has 1 aliphatic rings. The summed E-state index contributed by atoms with van der Waals surface area (Å²) in [5.74, 6) is 0.553. The van der Waals surface area contributed by atoms with Crippen LogP contribution in [0.25, 0.3) is 0 Å². The van der Waals surface area contributed by atoms with Crippen LogP contribution in [0, 0.1) is 12.8 Å². The van der Waals surface area contributed by atoms with Crippen LogP contribution in [-0.2, 0) is 14.9 Å². The van der Waals surface area contributed by atoms with Crippen molar-refractivity contribution in [1.82, 2.24) is 0 Å². The first-order chi connectivity index (χ1) is 7.53. The number of carboxylic acid groups (broad SMARTS) is 1. The van der Waals surface area contributed by atoms with Gasteiger partial charge in [0.25, 0.3) is 0 Å². The Morgan fingerprint density at radius 1 is 1.56 bits per heavy atom. The molecule has 0 radical (unpaired) electrons. The van der Waals surface area contributed by atoms with Crippen LogP contribution in [0.15, 0.2) is 16.5 Å². The van der Waals surface area contributed by atoms with E-state index in [0.717, 1.165) is 11.5 Å². The molecule has 1 N–H and O–H groups in total.